The molecule has 1 rings (SSSR count). The van der Waals surface area contributed by atoms with Gasteiger partial charge in [0.25, 0.3) is 0 Å². The third kappa shape index (κ3) is 1.66. The molecule has 1 aliphatic rings. The van der Waals surface area contributed by atoms with E-state index in [0.717, 1.165) is 0 Å². The number of nitrogens with zero attached hydrogens (tertiary/aromatic N) is 3. The summed E-state index contributed by atoms with van der Waals surface area (Å²) in [6.07, 6.45) is 0. The van der Waals surface area contributed by atoms with E-state index in [4.69, 9.17) is 16.6 Å². The van der Waals surface area contributed by atoms with Crippen molar-refractivity contribution in [1.29, 1.82) is 0 Å². The van der Waals surface area contributed by atoms with Crippen LogP contribution < -0.4 is 11.5 Å². The lowest BCUT2D eigenvalue weighted by molar-refractivity contribution is 0.306. The minimum Gasteiger partial charge on any atom is -0.394 e. The second-order valence-electron chi connectivity index (χ2n) is 2.71. The lowest BCUT2D eigenvalue weighted by Gasteiger charge is -2.14. The summed E-state index contributed by atoms with van der Waals surface area (Å²) in [7, 11) is 0. The highest BCUT2D eigenvalue weighted by molar-refractivity contribution is 5.98. The lowest BCUT2D eigenvalue weighted by Crippen LogP contribution is -2.54. The second-order valence-corrected chi connectivity index (χ2v) is 2.71. The second kappa shape index (κ2) is 3.26. The van der Waals surface area contributed by atoms with Crippen LogP contribution in [-0.4, -0.2) is 35.8 Å². The summed E-state index contributed by atoms with van der Waals surface area (Å²) >= 11 is 0. The van der Waals surface area contributed by atoms with Crippen LogP contribution in [0.2, 0.25) is 0 Å². The van der Waals surface area contributed by atoms with E-state index in [9.17, 15) is 0 Å². The molecule has 1 heterocycles. The minimum absolute atomic E-state index is 0.0215. The number of hydrogen-bond donors (Lipinski definition) is 3. The highest BCUT2D eigenvalue weighted by atomic mass is 16.3. The molecule has 6 heteroatoms. The van der Waals surface area contributed by atoms with Crippen LogP contribution in [0.1, 0.15) is 6.92 Å². The van der Waals surface area contributed by atoms with Crippen molar-refractivity contribution in [1.82, 2.24) is 0 Å². The normalized spacial score (nSPS) is 30.0. The Morgan fingerprint density at radius 2 is 2.33 bits per heavy atom. The van der Waals surface area contributed by atoms with Gasteiger partial charge in [-0.2, -0.15) is 5.11 Å². The van der Waals surface area contributed by atoms with E-state index < -0.39 is 5.79 Å². The molecule has 0 saturated heterocycles. The van der Waals surface area contributed by atoms with Gasteiger partial charge in [-0.25, -0.2) is 0 Å². The third-order valence-corrected chi connectivity index (χ3v) is 1.58. The van der Waals surface area contributed by atoms with Gasteiger partial charge in [0, 0.05) is 0 Å². The van der Waals surface area contributed by atoms with Crippen LogP contribution in [0.25, 0.3) is 0 Å². The highest BCUT2D eigenvalue weighted by Crippen LogP contribution is 2.14. The number of aliphatic hydroxyl groups excluding tert-OH is 1. The molecular formula is C6H13N5O. The molecule has 6 nitrogen and oxygen atoms in total. The van der Waals surface area contributed by atoms with Gasteiger partial charge in [0.15, 0.2) is 0 Å². The van der Waals surface area contributed by atoms with Crippen molar-refractivity contribution >= 4 is 5.71 Å². The maximum Gasteiger partial charge on any atom is 0.221 e. The van der Waals surface area contributed by atoms with Gasteiger partial charge in [-0.05, 0) is 6.92 Å². The summed E-state index contributed by atoms with van der Waals surface area (Å²) in [4.78, 5) is 4.00. The number of aliphatic hydroxyl groups is 1. The van der Waals surface area contributed by atoms with Crippen molar-refractivity contribution in [2.75, 3.05) is 13.2 Å². The van der Waals surface area contributed by atoms with Crippen LogP contribution in [0.3, 0.4) is 0 Å². The summed E-state index contributed by atoms with van der Waals surface area (Å²) in [5, 5.41) is 16.0. The van der Waals surface area contributed by atoms with Crippen LogP contribution in [0, 0.1) is 0 Å². The van der Waals surface area contributed by atoms with Crippen molar-refractivity contribution in [2.45, 2.75) is 18.8 Å². The molecule has 12 heavy (non-hydrogen) atoms. The first-order valence-corrected chi connectivity index (χ1v) is 3.73. The number of azo groups is 1. The van der Waals surface area contributed by atoms with Crippen molar-refractivity contribution in [3.8, 4) is 0 Å². The Kier molecular flexibility index (Phi) is 2.51. The van der Waals surface area contributed by atoms with E-state index >= 15 is 0 Å². The van der Waals surface area contributed by atoms with Gasteiger partial charge in [-0.1, -0.05) is 0 Å². The number of rotatable bonds is 2. The summed E-state index contributed by atoms with van der Waals surface area (Å²) in [6.45, 7) is 2.08. The predicted molar refractivity (Wildman–Crippen MR) is 44.8 cm³/mol. The quantitative estimate of drug-likeness (QED) is 0.456. The van der Waals surface area contributed by atoms with E-state index in [1.807, 2.05) is 0 Å². The molecule has 1 unspecified atom stereocenters. The van der Waals surface area contributed by atoms with Crippen LogP contribution in [0.5, 0.6) is 0 Å². The zero-order valence-corrected chi connectivity index (χ0v) is 6.94. The van der Waals surface area contributed by atoms with Crippen LogP contribution >= 0.6 is 0 Å². The fraction of sp³-hybridized carbons (Fsp3) is 0.833. The van der Waals surface area contributed by atoms with Crippen molar-refractivity contribution in [3.05, 3.63) is 0 Å². The van der Waals surface area contributed by atoms with Crippen molar-refractivity contribution < 1.29 is 5.11 Å². The van der Waals surface area contributed by atoms with Gasteiger partial charge in [0.1, 0.15) is 6.04 Å². The average molecular weight is 171 g/mol. The molecule has 0 aliphatic carbocycles. The molecule has 0 fully saturated rings. The standard InChI is InChI=1S/C6H13N5O/c1-4-5(9-2-3-12)6(7,8)11-10-4/h4,12H,2-3,7-8H2,1H3. The van der Waals surface area contributed by atoms with Gasteiger partial charge in [0.2, 0.25) is 5.79 Å². The molecular weight excluding hydrogens is 158 g/mol. The number of hydrogen-bond acceptors (Lipinski definition) is 6. The summed E-state index contributed by atoms with van der Waals surface area (Å²) in [5.74, 6) is -1.27. The molecule has 0 bridgehead atoms. The fourth-order valence-electron chi connectivity index (χ4n) is 1.05. The first kappa shape index (κ1) is 9.24. The Labute approximate surface area is 70.4 Å². The van der Waals surface area contributed by atoms with E-state index in [0.29, 0.717) is 12.3 Å². The molecule has 0 aromatic heterocycles. The van der Waals surface area contributed by atoms with Gasteiger partial charge in [-0.3, -0.25) is 16.5 Å². The van der Waals surface area contributed by atoms with E-state index in [-0.39, 0.29) is 12.6 Å². The fourth-order valence-corrected chi connectivity index (χ4v) is 1.05. The summed E-state index contributed by atoms with van der Waals surface area (Å²) in [5.41, 5.74) is 11.6. The van der Waals surface area contributed by atoms with Gasteiger partial charge in [0.05, 0.1) is 18.9 Å². The van der Waals surface area contributed by atoms with Gasteiger partial charge >= 0.3 is 0 Å². The maximum atomic E-state index is 8.53. The molecule has 68 valence electrons. The molecule has 0 saturated carbocycles. The average Bonchev–Trinajstić information content (AvgIpc) is 2.24. The van der Waals surface area contributed by atoms with Gasteiger partial charge < -0.3 is 5.11 Å². The molecule has 1 atom stereocenters. The lowest BCUT2D eigenvalue weighted by atomic mass is 10.1. The van der Waals surface area contributed by atoms with Crippen LogP contribution in [0.15, 0.2) is 15.2 Å². The number of aliphatic imine (C=N–C) groups is 1. The largest absolute Gasteiger partial charge is 0.394 e. The maximum absolute atomic E-state index is 8.53. The molecule has 0 aromatic rings. The zero-order chi connectivity index (χ0) is 9.19. The van der Waals surface area contributed by atoms with Crippen molar-refractivity contribution in [2.24, 2.45) is 26.7 Å². The predicted octanol–water partition coefficient (Wildman–Crippen LogP) is -1.15. The van der Waals surface area contributed by atoms with Crippen molar-refractivity contribution in [3.63, 3.8) is 0 Å². The highest BCUT2D eigenvalue weighted by Gasteiger charge is 2.35. The first-order chi connectivity index (χ1) is 5.58. The van der Waals surface area contributed by atoms with E-state index in [2.05, 4.69) is 15.2 Å². The number of nitrogens with two attached hydrogens (primary N) is 2. The molecule has 0 spiro atoms. The first-order valence-electron chi connectivity index (χ1n) is 3.73. The molecule has 0 amide bonds. The minimum atomic E-state index is -1.27. The third-order valence-electron chi connectivity index (χ3n) is 1.58. The molecule has 0 radical (unpaired) electrons. The van der Waals surface area contributed by atoms with Crippen LogP contribution in [0.4, 0.5) is 0 Å². The zero-order valence-electron chi connectivity index (χ0n) is 6.94. The summed E-state index contributed by atoms with van der Waals surface area (Å²) < 4.78 is 0. The van der Waals surface area contributed by atoms with Crippen LogP contribution in [-0.2, 0) is 0 Å². The van der Waals surface area contributed by atoms with E-state index in [1.165, 1.54) is 0 Å². The van der Waals surface area contributed by atoms with Gasteiger partial charge in [-0.15, -0.1) is 5.11 Å². The Balaban J connectivity index is 2.75. The molecule has 1 aliphatic heterocycles. The Morgan fingerprint density at radius 3 is 2.75 bits per heavy atom. The monoisotopic (exact) mass is 171 g/mol. The van der Waals surface area contributed by atoms with E-state index in [1.54, 1.807) is 6.92 Å². The Morgan fingerprint density at radius 1 is 1.67 bits per heavy atom. The summed E-state index contributed by atoms with van der Waals surface area (Å²) in [6, 6.07) is -0.174. The smallest absolute Gasteiger partial charge is 0.221 e. The topological polar surface area (TPSA) is 109 Å². The molecule has 5 N–H and O–H groups in total. The molecule has 0 aromatic carbocycles. The SMILES string of the molecule is CC1N=NC(N)(N)C1=NCCO. The Hall–Kier alpha value is -0.850. The Bertz CT molecular complexity index is 222.